The van der Waals surface area contributed by atoms with Crippen LogP contribution < -0.4 is 10.2 Å². The van der Waals surface area contributed by atoms with Gasteiger partial charge in [-0.1, -0.05) is 42.5 Å². The van der Waals surface area contributed by atoms with E-state index in [1.165, 1.54) is 11.6 Å². The Balaban J connectivity index is 1.82. The highest BCUT2D eigenvalue weighted by Crippen LogP contribution is 2.22. The van der Waals surface area contributed by atoms with Crippen molar-refractivity contribution in [1.29, 1.82) is 0 Å². The molecule has 122 valence electrons. The van der Waals surface area contributed by atoms with E-state index in [9.17, 15) is 4.39 Å². The number of aromatic nitrogens is 2. The molecule has 0 radical (unpaired) electrons. The molecule has 0 amide bonds. The van der Waals surface area contributed by atoms with Crippen LogP contribution in [0.2, 0.25) is 0 Å². The van der Waals surface area contributed by atoms with Gasteiger partial charge in [0.05, 0.1) is 5.69 Å². The van der Waals surface area contributed by atoms with E-state index in [4.69, 9.17) is 0 Å². The van der Waals surface area contributed by atoms with E-state index < -0.39 is 0 Å². The van der Waals surface area contributed by atoms with E-state index in [0.29, 0.717) is 17.3 Å². The smallest absolute Gasteiger partial charge is 0.146 e. The zero-order valence-corrected chi connectivity index (χ0v) is 13.7. The van der Waals surface area contributed by atoms with Crippen LogP contribution >= 0.6 is 0 Å². The normalized spacial score (nSPS) is 10.5. The highest BCUT2D eigenvalue weighted by atomic mass is 19.1. The van der Waals surface area contributed by atoms with E-state index in [2.05, 4.69) is 27.4 Å². The van der Waals surface area contributed by atoms with Crippen molar-refractivity contribution in [2.75, 3.05) is 17.3 Å². The molecule has 0 aliphatic heterocycles. The lowest BCUT2D eigenvalue weighted by Crippen LogP contribution is -2.18. The zero-order chi connectivity index (χ0) is 16.9. The number of hydrogen-bond donors (Lipinski definition) is 1. The van der Waals surface area contributed by atoms with Crippen LogP contribution in [0.25, 0.3) is 0 Å². The topological polar surface area (TPSA) is 41.1 Å². The first-order valence-corrected chi connectivity index (χ1v) is 7.74. The highest BCUT2D eigenvalue weighted by molar-refractivity contribution is 5.60. The van der Waals surface area contributed by atoms with Crippen molar-refractivity contribution < 1.29 is 4.39 Å². The number of para-hydroxylation sites is 1. The summed E-state index contributed by atoms with van der Waals surface area (Å²) in [5.74, 6) is 1.67. The van der Waals surface area contributed by atoms with Crippen LogP contribution in [0.15, 0.2) is 60.7 Å². The average molecular weight is 322 g/mol. The highest BCUT2D eigenvalue weighted by Gasteiger charge is 2.09. The summed E-state index contributed by atoms with van der Waals surface area (Å²) >= 11 is 0. The molecule has 0 aliphatic carbocycles. The number of anilines is 3. The molecule has 5 heteroatoms. The van der Waals surface area contributed by atoms with Crippen LogP contribution in [-0.4, -0.2) is 17.0 Å². The fourth-order valence-corrected chi connectivity index (χ4v) is 2.45. The summed E-state index contributed by atoms with van der Waals surface area (Å²) in [5.41, 5.74) is 1.59. The fraction of sp³-hybridized carbons (Fsp3) is 0.158. The lowest BCUT2D eigenvalue weighted by molar-refractivity contribution is 0.632. The number of aryl methyl sites for hydroxylation is 1. The van der Waals surface area contributed by atoms with Gasteiger partial charge in [-0.05, 0) is 24.6 Å². The largest absolute Gasteiger partial charge is 0.355 e. The van der Waals surface area contributed by atoms with Gasteiger partial charge >= 0.3 is 0 Å². The third-order valence-electron chi connectivity index (χ3n) is 3.61. The molecule has 4 nitrogen and oxygen atoms in total. The Morgan fingerprint density at radius 3 is 2.46 bits per heavy atom. The molecule has 0 saturated heterocycles. The van der Waals surface area contributed by atoms with Crippen molar-refractivity contribution in [3.05, 3.63) is 77.9 Å². The minimum Gasteiger partial charge on any atom is -0.355 e. The lowest BCUT2D eigenvalue weighted by atomic mass is 10.2. The van der Waals surface area contributed by atoms with E-state index >= 15 is 0 Å². The maximum absolute atomic E-state index is 13.8. The monoisotopic (exact) mass is 322 g/mol. The van der Waals surface area contributed by atoms with Gasteiger partial charge in [0.15, 0.2) is 0 Å². The van der Waals surface area contributed by atoms with Gasteiger partial charge in [-0.25, -0.2) is 14.4 Å². The first kappa shape index (κ1) is 15.9. The summed E-state index contributed by atoms with van der Waals surface area (Å²) in [6.45, 7) is 2.56. The second-order valence-electron chi connectivity index (χ2n) is 5.61. The molecule has 0 saturated carbocycles. The van der Waals surface area contributed by atoms with Gasteiger partial charge in [0.2, 0.25) is 0 Å². The quantitative estimate of drug-likeness (QED) is 0.760. The lowest BCUT2D eigenvalue weighted by Gasteiger charge is -2.19. The van der Waals surface area contributed by atoms with Crippen LogP contribution in [-0.2, 0) is 6.54 Å². The Bertz CT molecular complexity index is 821. The number of benzene rings is 2. The molecule has 0 fully saturated rings. The van der Waals surface area contributed by atoms with Gasteiger partial charge in [-0.15, -0.1) is 0 Å². The second kappa shape index (κ2) is 7.08. The third kappa shape index (κ3) is 3.87. The van der Waals surface area contributed by atoms with Crippen molar-refractivity contribution in [2.45, 2.75) is 13.5 Å². The Kier molecular flexibility index (Phi) is 4.70. The van der Waals surface area contributed by atoms with E-state index in [-0.39, 0.29) is 5.82 Å². The van der Waals surface area contributed by atoms with E-state index in [1.807, 2.05) is 43.1 Å². The van der Waals surface area contributed by atoms with Crippen molar-refractivity contribution >= 4 is 17.3 Å². The summed E-state index contributed by atoms with van der Waals surface area (Å²) < 4.78 is 13.8. The number of halogens is 1. The Morgan fingerprint density at radius 2 is 1.71 bits per heavy atom. The van der Waals surface area contributed by atoms with Crippen molar-refractivity contribution in [3.8, 4) is 0 Å². The minimum atomic E-state index is -0.312. The molecule has 0 bridgehead atoms. The number of hydrogen-bond acceptors (Lipinski definition) is 4. The second-order valence-corrected chi connectivity index (χ2v) is 5.61. The van der Waals surface area contributed by atoms with Gasteiger partial charge in [-0.2, -0.15) is 0 Å². The summed E-state index contributed by atoms with van der Waals surface area (Å²) in [6.07, 6.45) is 0. The SMILES string of the molecule is Cc1nc(Nc2ccccc2F)cc(N(C)Cc2ccccc2)n1. The maximum Gasteiger partial charge on any atom is 0.146 e. The summed E-state index contributed by atoms with van der Waals surface area (Å²) in [6, 6.07) is 18.5. The van der Waals surface area contributed by atoms with E-state index in [0.717, 1.165) is 12.4 Å². The van der Waals surface area contributed by atoms with Crippen molar-refractivity contribution in [2.24, 2.45) is 0 Å². The molecular weight excluding hydrogens is 303 g/mol. The standard InChI is InChI=1S/C19H19FN4/c1-14-21-18(23-17-11-7-6-10-16(17)20)12-19(22-14)24(2)13-15-8-4-3-5-9-15/h3-12H,13H2,1-2H3,(H,21,22,23). The van der Waals surface area contributed by atoms with Crippen molar-refractivity contribution in [3.63, 3.8) is 0 Å². The van der Waals surface area contributed by atoms with Crippen LogP contribution in [0.1, 0.15) is 11.4 Å². The van der Waals surface area contributed by atoms with Gasteiger partial charge in [0.1, 0.15) is 23.3 Å². The molecule has 24 heavy (non-hydrogen) atoms. The Labute approximate surface area is 141 Å². The van der Waals surface area contributed by atoms with Gasteiger partial charge < -0.3 is 10.2 Å². The molecule has 0 aliphatic rings. The number of rotatable bonds is 5. The summed E-state index contributed by atoms with van der Waals surface area (Å²) in [5, 5.41) is 3.02. The number of nitrogens with one attached hydrogen (secondary N) is 1. The van der Waals surface area contributed by atoms with E-state index in [1.54, 1.807) is 18.2 Å². The zero-order valence-electron chi connectivity index (χ0n) is 13.7. The fourth-order valence-electron chi connectivity index (χ4n) is 2.45. The minimum absolute atomic E-state index is 0.312. The predicted molar refractivity (Wildman–Crippen MR) is 95.0 cm³/mol. The molecule has 1 aromatic heterocycles. The first-order chi connectivity index (χ1) is 11.6. The van der Waals surface area contributed by atoms with Gasteiger partial charge in [-0.3, -0.25) is 0 Å². The van der Waals surface area contributed by atoms with Crippen LogP contribution in [0.3, 0.4) is 0 Å². The third-order valence-corrected chi connectivity index (χ3v) is 3.61. The summed E-state index contributed by atoms with van der Waals surface area (Å²) in [7, 11) is 1.97. The Morgan fingerprint density at radius 1 is 1.00 bits per heavy atom. The summed E-state index contributed by atoms with van der Waals surface area (Å²) in [4.78, 5) is 10.9. The maximum atomic E-state index is 13.8. The van der Waals surface area contributed by atoms with Gasteiger partial charge in [0, 0.05) is 19.7 Å². The molecule has 2 aromatic carbocycles. The number of nitrogens with zero attached hydrogens (tertiary/aromatic N) is 3. The molecular formula is C19H19FN4. The van der Waals surface area contributed by atoms with Gasteiger partial charge in [0.25, 0.3) is 0 Å². The first-order valence-electron chi connectivity index (χ1n) is 7.74. The van der Waals surface area contributed by atoms with Crippen molar-refractivity contribution in [1.82, 2.24) is 9.97 Å². The van der Waals surface area contributed by atoms with Crippen LogP contribution in [0, 0.1) is 12.7 Å². The molecule has 0 spiro atoms. The van der Waals surface area contributed by atoms with Crippen LogP contribution in [0.4, 0.5) is 21.7 Å². The molecule has 1 heterocycles. The average Bonchev–Trinajstić information content (AvgIpc) is 2.57. The molecule has 3 rings (SSSR count). The molecule has 1 N–H and O–H groups in total. The molecule has 0 atom stereocenters. The predicted octanol–water partition coefficient (Wildman–Crippen LogP) is 4.30. The van der Waals surface area contributed by atoms with Crippen LogP contribution in [0.5, 0.6) is 0 Å². The molecule has 0 unspecified atom stereocenters. The Hall–Kier alpha value is -2.95. The molecule has 3 aromatic rings.